The van der Waals surface area contributed by atoms with Crippen LogP contribution in [0.15, 0.2) is 40.7 Å². The van der Waals surface area contributed by atoms with Crippen LogP contribution in [0, 0.1) is 12.7 Å². The molecule has 4 N–H and O–H groups in total. The number of aromatic nitrogens is 1. The zero-order valence-corrected chi connectivity index (χ0v) is 16.6. The molecule has 27 heavy (non-hydrogen) atoms. The number of aryl methyl sites for hydroxylation is 1. The summed E-state index contributed by atoms with van der Waals surface area (Å²) in [5.41, 5.74) is 15.3. The van der Waals surface area contributed by atoms with E-state index in [0.29, 0.717) is 18.6 Å². The van der Waals surface area contributed by atoms with E-state index in [0.717, 1.165) is 28.1 Å². The fraction of sp³-hybridized carbons (Fsp3) is 0.278. The van der Waals surface area contributed by atoms with Gasteiger partial charge in [0, 0.05) is 17.3 Å². The predicted octanol–water partition coefficient (Wildman–Crippen LogP) is 3.09. The zero-order valence-electron chi connectivity index (χ0n) is 15.0. The van der Waals surface area contributed by atoms with E-state index >= 15 is 0 Å². The third kappa shape index (κ3) is 4.87. The SMILES string of the molecule is COc1ccc(F)cc1C1C/C(=N\N=C(N)N)c2c(C)ccnc2C1.Cl.Cl. The van der Waals surface area contributed by atoms with Gasteiger partial charge in [0.15, 0.2) is 0 Å². The van der Waals surface area contributed by atoms with Crippen molar-refractivity contribution < 1.29 is 9.13 Å². The molecule has 0 saturated heterocycles. The van der Waals surface area contributed by atoms with Crippen molar-refractivity contribution in [2.24, 2.45) is 21.7 Å². The van der Waals surface area contributed by atoms with Gasteiger partial charge in [-0.1, -0.05) is 0 Å². The number of methoxy groups -OCH3 is 1. The Morgan fingerprint density at radius 1 is 1.22 bits per heavy atom. The van der Waals surface area contributed by atoms with Crippen LogP contribution in [0.4, 0.5) is 4.39 Å². The standard InChI is InChI=1S/C18H20FN5O.2ClH/c1-10-5-6-22-14-7-11(8-15(17(10)14)23-24-18(20)21)13-9-12(19)3-4-16(13)25-2;;/h3-6,9,11H,7-8H2,1-2H3,(H4,20,21,24);2*1H/b23-15+;;. The number of hydrogen-bond donors (Lipinski definition) is 2. The summed E-state index contributed by atoms with van der Waals surface area (Å²) < 4.78 is 19.2. The Kier molecular flexibility index (Phi) is 7.99. The summed E-state index contributed by atoms with van der Waals surface area (Å²) >= 11 is 0. The summed E-state index contributed by atoms with van der Waals surface area (Å²) in [5.74, 6) is 0.201. The van der Waals surface area contributed by atoms with E-state index in [9.17, 15) is 4.39 Å². The fourth-order valence-corrected chi connectivity index (χ4v) is 3.26. The Morgan fingerprint density at radius 3 is 2.63 bits per heavy atom. The maximum atomic E-state index is 13.8. The van der Waals surface area contributed by atoms with Gasteiger partial charge in [0.25, 0.3) is 0 Å². The van der Waals surface area contributed by atoms with Crippen molar-refractivity contribution in [3.8, 4) is 5.75 Å². The second kappa shape index (κ2) is 9.53. The molecule has 1 aliphatic carbocycles. The van der Waals surface area contributed by atoms with E-state index in [-0.39, 0.29) is 42.5 Å². The molecular weight excluding hydrogens is 392 g/mol. The molecule has 0 aliphatic heterocycles. The average Bonchev–Trinajstić information content (AvgIpc) is 2.59. The molecular formula is C18H22Cl2FN5O. The van der Waals surface area contributed by atoms with Gasteiger partial charge in [0.2, 0.25) is 5.96 Å². The summed E-state index contributed by atoms with van der Waals surface area (Å²) in [6.45, 7) is 1.99. The third-order valence-electron chi connectivity index (χ3n) is 4.32. The molecule has 146 valence electrons. The monoisotopic (exact) mass is 413 g/mol. The van der Waals surface area contributed by atoms with E-state index in [1.807, 2.05) is 13.0 Å². The van der Waals surface area contributed by atoms with E-state index < -0.39 is 0 Å². The number of hydrogen-bond acceptors (Lipinski definition) is 4. The van der Waals surface area contributed by atoms with Crippen molar-refractivity contribution in [2.75, 3.05) is 7.11 Å². The van der Waals surface area contributed by atoms with Crippen LogP contribution in [0.5, 0.6) is 5.75 Å². The largest absolute Gasteiger partial charge is 0.496 e. The molecule has 6 nitrogen and oxygen atoms in total. The quantitative estimate of drug-likeness (QED) is 0.458. The molecule has 1 heterocycles. The normalized spacial score (nSPS) is 16.6. The van der Waals surface area contributed by atoms with Gasteiger partial charge in [-0.05, 0) is 55.5 Å². The number of pyridine rings is 1. The molecule has 0 bridgehead atoms. The number of halogens is 3. The average molecular weight is 414 g/mol. The number of nitrogens with two attached hydrogens (primary N) is 2. The third-order valence-corrected chi connectivity index (χ3v) is 4.32. The predicted molar refractivity (Wildman–Crippen MR) is 110 cm³/mol. The lowest BCUT2D eigenvalue weighted by atomic mass is 9.79. The molecule has 1 atom stereocenters. The minimum Gasteiger partial charge on any atom is -0.496 e. The minimum atomic E-state index is -0.304. The second-order valence-electron chi connectivity index (χ2n) is 6.01. The van der Waals surface area contributed by atoms with Gasteiger partial charge < -0.3 is 16.2 Å². The van der Waals surface area contributed by atoms with Crippen LogP contribution >= 0.6 is 24.8 Å². The molecule has 0 fully saturated rings. The van der Waals surface area contributed by atoms with E-state index in [2.05, 4.69) is 15.2 Å². The van der Waals surface area contributed by atoms with Gasteiger partial charge in [-0.2, -0.15) is 5.10 Å². The first-order valence-corrected chi connectivity index (χ1v) is 7.93. The Balaban J connectivity index is 0.00000182. The topological polar surface area (TPSA) is 98.9 Å². The van der Waals surface area contributed by atoms with E-state index in [4.69, 9.17) is 16.2 Å². The van der Waals surface area contributed by atoms with Gasteiger partial charge >= 0.3 is 0 Å². The molecule has 1 aromatic heterocycles. The van der Waals surface area contributed by atoms with Crippen LogP contribution in [0.25, 0.3) is 0 Å². The van der Waals surface area contributed by atoms with Crippen LogP contribution in [0.1, 0.15) is 34.7 Å². The maximum absolute atomic E-state index is 13.8. The van der Waals surface area contributed by atoms with Crippen molar-refractivity contribution in [3.63, 3.8) is 0 Å². The first kappa shape index (κ1) is 22.7. The number of ether oxygens (including phenoxy) is 1. The number of nitrogens with zero attached hydrogens (tertiary/aromatic N) is 3. The van der Waals surface area contributed by atoms with Crippen molar-refractivity contribution in [2.45, 2.75) is 25.7 Å². The number of rotatable bonds is 3. The van der Waals surface area contributed by atoms with Gasteiger partial charge in [0.05, 0.1) is 18.5 Å². The molecule has 2 aromatic rings. The molecule has 1 aromatic carbocycles. The summed E-state index contributed by atoms with van der Waals surface area (Å²) in [5, 5.41) is 8.02. The molecule has 1 unspecified atom stereocenters. The maximum Gasteiger partial charge on any atom is 0.211 e. The minimum absolute atomic E-state index is 0. The Morgan fingerprint density at radius 2 is 1.96 bits per heavy atom. The fourth-order valence-electron chi connectivity index (χ4n) is 3.26. The van der Waals surface area contributed by atoms with Crippen molar-refractivity contribution >= 4 is 36.5 Å². The summed E-state index contributed by atoms with van der Waals surface area (Å²) in [6.07, 6.45) is 2.99. The molecule has 0 radical (unpaired) electrons. The van der Waals surface area contributed by atoms with E-state index in [1.165, 1.54) is 12.1 Å². The Hall–Kier alpha value is -2.38. The molecule has 1 aliphatic rings. The summed E-state index contributed by atoms with van der Waals surface area (Å²) in [4.78, 5) is 4.48. The van der Waals surface area contributed by atoms with Gasteiger partial charge in [0.1, 0.15) is 11.6 Å². The van der Waals surface area contributed by atoms with E-state index in [1.54, 1.807) is 19.4 Å². The lowest BCUT2D eigenvalue weighted by molar-refractivity contribution is 0.403. The van der Waals surface area contributed by atoms with Crippen LogP contribution < -0.4 is 16.2 Å². The molecule has 0 spiro atoms. The highest BCUT2D eigenvalue weighted by atomic mass is 35.5. The van der Waals surface area contributed by atoms with Crippen molar-refractivity contribution in [1.82, 2.24) is 4.98 Å². The molecule has 3 rings (SSSR count). The van der Waals surface area contributed by atoms with Gasteiger partial charge in [-0.25, -0.2) is 4.39 Å². The smallest absolute Gasteiger partial charge is 0.211 e. The zero-order chi connectivity index (χ0) is 18.0. The van der Waals surface area contributed by atoms with Crippen LogP contribution in [0.2, 0.25) is 0 Å². The van der Waals surface area contributed by atoms with Crippen molar-refractivity contribution in [3.05, 3.63) is 58.7 Å². The Labute approximate surface area is 169 Å². The highest BCUT2D eigenvalue weighted by Crippen LogP contribution is 2.37. The molecule has 0 saturated carbocycles. The Bertz CT molecular complexity index is 869. The van der Waals surface area contributed by atoms with Gasteiger partial charge in [-0.3, -0.25) is 4.98 Å². The lowest BCUT2D eigenvalue weighted by Crippen LogP contribution is -2.24. The van der Waals surface area contributed by atoms with Crippen LogP contribution in [-0.2, 0) is 6.42 Å². The molecule has 9 heteroatoms. The number of guanidine groups is 1. The highest BCUT2D eigenvalue weighted by Gasteiger charge is 2.29. The highest BCUT2D eigenvalue weighted by molar-refractivity contribution is 6.04. The first-order valence-electron chi connectivity index (χ1n) is 7.93. The number of benzene rings is 1. The second-order valence-corrected chi connectivity index (χ2v) is 6.01. The van der Waals surface area contributed by atoms with Crippen LogP contribution in [-0.4, -0.2) is 23.8 Å². The first-order chi connectivity index (χ1) is 12.0. The molecule has 0 amide bonds. The van der Waals surface area contributed by atoms with Crippen LogP contribution in [0.3, 0.4) is 0 Å². The number of fused-ring (bicyclic) bond motifs is 1. The summed E-state index contributed by atoms with van der Waals surface area (Å²) in [7, 11) is 1.57. The van der Waals surface area contributed by atoms with Gasteiger partial charge in [-0.15, -0.1) is 29.9 Å². The lowest BCUT2D eigenvalue weighted by Gasteiger charge is -2.27. The van der Waals surface area contributed by atoms with Crippen molar-refractivity contribution in [1.29, 1.82) is 0 Å². The summed E-state index contributed by atoms with van der Waals surface area (Å²) in [6, 6.07) is 6.45.